The maximum atomic E-state index is 2.35. The zero-order chi connectivity index (χ0) is 16.3. The third-order valence-electron chi connectivity index (χ3n) is 2.86. The van der Waals surface area contributed by atoms with Crippen molar-refractivity contribution in [1.29, 1.82) is 0 Å². The number of hydrogen-bond acceptors (Lipinski definition) is 0. The summed E-state index contributed by atoms with van der Waals surface area (Å²) < 4.78 is 0. The van der Waals surface area contributed by atoms with Crippen LogP contribution in [0.15, 0.2) is 11.6 Å². The third-order valence-corrected chi connectivity index (χ3v) is 2.86. The van der Waals surface area contributed by atoms with Crippen LogP contribution in [0.25, 0.3) is 0 Å². The molecule has 0 rings (SSSR count). The molecule has 0 heterocycles. The molecule has 0 saturated heterocycles. The van der Waals surface area contributed by atoms with Crippen LogP contribution in [0.4, 0.5) is 0 Å². The van der Waals surface area contributed by atoms with Crippen molar-refractivity contribution < 1.29 is 1.43 Å². The number of allylic oxidation sites excluding steroid dienone is 2. The molecule has 0 saturated carbocycles. The van der Waals surface area contributed by atoms with Crippen molar-refractivity contribution in [2.75, 3.05) is 0 Å². The van der Waals surface area contributed by atoms with Gasteiger partial charge in [0.1, 0.15) is 0 Å². The first-order chi connectivity index (χ1) is 9.04. The van der Waals surface area contributed by atoms with E-state index >= 15 is 0 Å². The van der Waals surface area contributed by atoms with Crippen LogP contribution in [0.2, 0.25) is 0 Å². The average molecular weight is 283 g/mol. The van der Waals surface area contributed by atoms with Crippen molar-refractivity contribution in [1.82, 2.24) is 0 Å². The Balaban J connectivity index is -0.000000295. The highest BCUT2D eigenvalue weighted by Crippen LogP contribution is 2.20. The lowest BCUT2D eigenvalue weighted by atomic mass is 9.91. The van der Waals surface area contributed by atoms with Gasteiger partial charge in [0.2, 0.25) is 0 Å². The lowest BCUT2D eigenvalue weighted by Gasteiger charge is -2.05. The fourth-order valence-electron chi connectivity index (χ4n) is 2.76. The summed E-state index contributed by atoms with van der Waals surface area (Å²) in [7, 11) is 0. The van der Waals surface area contributed by atoms with Gasteiger partial charge in [-0.2, -0.15) is 0 Å². The second-order valence-electron chi connectivity index (χ2n) is 8.01. The van der Waals surface area contributed by atoms with E-state index < -0.39 is 0 Å². The Bertz CT molecular complexity index is 226. The van der Waals surface area contributed by atoms with Gasteiger partial charge in [0.15, 0.2) is 0 Å². The molecule has 0 aliphatic carbocycles. The molecule has 0 fully saturated rings. The van der Waals surface area contributed by atoms with Crippen molar-refractivity contribution in [3.8, 4) is 0 Å². The van der Waals surface area contributed by atoms with E-state index in [1.165, 1.54) is 24.8 Å². The highest BCUT2D eigenvalue weighted by atomic mass is 14.1. The molecule has 0 aromatic heterocycles. The highest BCUT2D eigenvalue weighted by Gasteiger charge is 2.16. The van der Waals surface area contributed by atoms with E-state index in [1.807, 2.05) is 0 Å². The first-order valence-corrected chi connectivity index (χ1v) is 8.53. The molecule has 120 valence electrons. The molecule has 0 aromatic carbocycles. The van der Waals surface area contributed by atoms with Crippen LogP contribution in [0.1, 0.15) is 89.9 Å². The molecule has 0 spiro atoms. The molecule has 0 radical (unpaired) electrons. The van der Waals surface area contributed by atoms with Crippen molar-refractivity contribution in [2.24, 2.45) is 23.7 Å². The van der Waals surface area contributed by atoms with E-state index in [-0.39, 0.29) is 1.43 Å². The van der Waals surface area contributed by atoms with E-state index in [0.29, 0.717) is 5.92 Å². The van der Waals surface area contributed by atoms with Gasteiger partial charge in [-0.1, -0.05) is 67.0 Å². The Labute approximate surface area is 131 Å². The molecular formula is C20H42+2. The average Bonchev–Trinajstić information content (AvgIpc) is 2.11. The summed E-state index contributed by atoms with van der Waals surface area (Å²) in [6.07, 6.45) is 6.20. The lowest BCUT2D eigenvalue weighted by Crippen LogP contribution is -2.01. The van der Waals surface area contributed by atoms with E-state index in [4.69, 9.17) is 0 Å². The van der Waals surface area contributed by atoms with Crippen LogP contribution in [0.5, 0.6) is 0 Å². The van der Waals surface area contributed by atoms with Gasteiger partial charge < -0.3 is 0 Å². The number of rotatable bonds is 7. The summed E-state index contributed by atoms with van der Waals surface area (Å²) in [4.78, 5) is 0. The van der Waals surface area contributed by atoms with Crippen molar-refractivity contribution in [3.05, 3.63) is 17.6 Å². The van der Waals surface area contributed by atoms with Crippen LogP contribution >= 0.6 is 0 Å². The van der Waals surface area contributed by atoms with Crippen molar-refractivity contribution in [3.63, 3.8) is 0 Å². The van der Waals surface area contributed by atoms with Gasteiger partial charge in [0.05, 0.1) is 25.7 Å². The topological polar surface area (TPSA) is 0 Å². The molecule has 0 nitrogen and oxygen atoms in total. The molecule has 0 aliphatic heterocycles. The first kappa shape index (κ1) is 21.9. The quantitative estimate of drug-likeness (QED) is 0.336. The summed E-state index contributed by atoms with van der Waals surface area (Å²) in [5, 5.41) is 0. The Morgan fingerprint density at radius 2 is 1.25 bits per heavy atom. The molecule has 0 aromatic rings. The maximum Gasteiger partial charge on any atom is 1.00 e. The Morgan fingerprint density at radius 3 is 1.50 bits per heavy atom. The monoisotopic (exact) mass is 282 g/mol. The molecular weight excluding hydrogens is 240 g/mol. The minimum absolute atomic E-state index is 0. The largest absolute Gasteiger partial charge is 1.00 e. The molecule has 0 unspecified atom stereocenters. The van der Waals surface area contributed by atoms with Crippen LogP contribution in [-0.2, 0) is 0 Å². The Kier molecular flexibility index (Phi) is 13.5. The third kappa shape index (κ3) is 19.9. The SMILES string of the molecule is C/C(=C\C(C)C)CC(C)C.C[C+](CC(C)C)CC(C)C.[H+]. The van der Waals surface area contributed by atoms with Gasteiger partial charge >= 0.3 is 1.43 Å². The summed E-state index contributed by atoms with van der Waals surface area (Å²) in [6.45, 7) is 22.6. The molecule has 0 bridgehead atoms. The van der Waals surface area contributed by atoms with Gasteiger partial charge in [0, 0.05) is 0 Å². The smallest absolute Gasteiger partial charge is 0.0830 e. The van der Waals surface area contributed by atoms with Crippen molar-refractivity contribution in [2.45, 2.75) is 88.5 Å². The van der Waals surface area contributed by atoms with E-state index in [1.54, 1.807) is 5.92 Å². The molecule has 20 heavy (non-hydrogen) atoms. The Hall–Kier alpha value is -0.390. The fourth-order valence-corrected chi connectivity index (χ4v) is 2.76. The van der Waals surface area contributed by atoms with Gasteiger partial charge in [-0.3, -0.25) is 0 Å². The van der Waals surface area contributed by atoms with Crippen LogP contribution in [-0.4, -0.2) is 0 Å². The van der Waals surface area contributed by atoms with E-state index in [9.17, 15) is 0 Å². The fraction of sp³-hybridized carbons (Fsp3) is 0.850. The second kappa shape index (κ2) is 12.4. The van der Waals surface area contributed by atoms with Gasteiger partial charge in [-0.05, 0) is 37.0 Å². The minimum Gasteiger partial charge on any atom is -0.0830 e. The molecule has 0 aliphatic rings. The lowest BCUT2D eigenvalue weighted by molar-refractivity contribution is 0.514. The summed E-state index contributed by atoms with van der Waals surface area (Å²) >= 11 is 0. The normalized spacial score (nSPS) is 12.2. The highest BCUT2D eigenvalue weighted by molar-refractivity contribution is 4.99. The zero-order valence-corrected chi connectivity index (χ0v) is 16.0. The molecule has 0 N–H and O–H groups in total. The van der Waals surface area contributed by atoms with E-state index in [2.05, 4.69) is 75.3 Å². The summed E-state index contributed by atoms with van der Waals surface area (Å²) in [5.74, 6) is 4.83. The number of hydrogen-bond donors (Lipinski definition) is 0. The minimum atomic E-state index is 0. The maximum absolute atomic E-state index is 2.35. The van der Waals surface area contributed by atoms with Crippen molar-refractivity contribution >= 4 is 0 Å². The Morgan fingerprint density at radius 1 is 0.850 bits per heavy atom. The van der Waals surface area contributed by atoms with Gasteiger partial charge in [-0.25, -0.2) is 0 Å². The molecule has 0 amide bonds. The zero-order valence-electron chi connectivity index (χ0n) is 17.0. The summed E-state index contributed by atoms with van der Waals surface area (Å²) in [6, 6.07) is 0. The summed E-state index contributed by atoms with van der Waals surface area (Å²) in [5.41, 5.74) is 1.53. The molecule has 0 atom stereocenters. The van der Waals surface area contributed by atoms with Gasteiger partial charge in [0.25, 0.3) is 0 Å². The standard InChI is InChI=1S/C10H21.C10H20/c2*1-8(2)6-10(5)7-9(3)4/h8-9H,6-7H2,1-5H3;6,8-9H,7H2,1-5H3/q+1;/p+1/b;10-6+. The molecule has 0 heteroatoms. The predicted molar refractivity (Wildman–Crippen MR) is 97.0 cm³/mol. The van der Waals surface area contributed by atoms with Crippen LogP contribution in [0, 0.1) is 29.6 Å². The van der Waals surface area contributed by atoms with Crippen LogP contribution < -0.4 is 0 Å². The predicted octanol–water partition coefficient (Wildman–Crippen LogP) is 7.42. The first-order valence-electron chi connectivity index (χ1n) is 8.53. The second-order valence-corrected chi connectivity index (χ2v) is 8.01. The van der Waals surface area contributed by atoms with E-state index in [0.717, 1.165) is 17.8 Å². The van der Waals surface area contributed by atoms with Gasteiger partial charge in [-0.15, -0.1) is 0 Å². The van der Waals surface area contributed by atoms with Crippen LogP contribution in [0.3, 0.4) is 0 Å².